The summed E-state index contributed by atoms with van der Waals surface area (Å²) in [6.45, 7) is 2.25. The molecule has 0 aliphatic heterocycles. The van der Waals surface area contributed by atoms with Gasteiger partial charge < -0.3 is 10.2 Å². The molecule has 1 atom stereocenters. The normalized spacial score (nSPS) is 13.1. The molecule has 33 heavy (non-hydrogen) atoms. The number of hydrogen-bond donors (Lipinski definition) is 2. The van der Waals surface area contributed by atoms with Gasteiger partial charge in [-0.25, -0.2) is 0 Å². The molecule has 1 unspecified atom stereocenters. The Morgan fingerprint density at radius 2 is 1.18 bits per heavy atom. The van der Waals surface area contributed by atoms with Crippen LogP contribution in [0.5, 0.6) is 0 Å². The standard InChI is InChI=1S/C29H42O4/c1-2-20-29(22-13-11-17-28(32)33,21-12-7-5-3-4-6-8-16-27(30)31)26-19-18-24-14-9-10-15-25(24)23-26/h9-10,14-15,18-19,23H,2-8,11-13,16-17,20-22H2,1H3,(H,30,31)(H,32,33). The minimum Gasteiger partial charge on any atom is -0.481 e. The van der Waals surface area contributed by atoms with Gasteiger partial charge in [-0.05, 0) is 53.9 Å². The van der Waals surface area contributed by atoms with Gasteiger partial charge in [-0.15, -0.1) is 0 Å². The zero-order valence-corrected chi connectivity index (χ0v) is 20.4. The summed E-state index contributed by atoms with van der Waals surface area (Å²) in [6.07, 6.45) is 14.3. The Labute approximate surface area is 199 Å². The zero-order chi connectivity index (χ0) is 23.9. The lowest BCUT2D eigenvalue weighted by Crippen LogP contribution is -2.26. The molecule has 2 aromatic carbocycles. The van der Waals surface area contributed by atoms with Crippen molar-refractivity contribution in [3.05, 3.63) is 48.0 Å². The van der Waals surface area contributed by atoms with E-state index >= 15 is 0 Å². The van der Waals surface area contributed by atoms with Gasteiger partial charge in [0.05, 0.1) is 0 Å². The molecule has 182 valence electrons. The van der Waals surface area contributed by atoms with Gasteiger partial charge in [0.1, 0.15) is 0 Å². The van der Waals surface area contributed by atoms with E-state index in [1.54, 1.807) is 0 Å². The number of rotatable bonds is 18. The maximum absolute atomic E-state index is 11.0. The van der Waals surface area contributed by atoms with Crippen LogP contribution in [-0.4, -0.2) is 22.2 Å². The van der Waals surface area contributed by atoms with Gasteiger partial charge in [0.25, 0.3) is 0 Å². The number of unbranched alkanes of at least 4 members (excludes halogenated alkanes) is 7. The van der Waals surface area contributed by atoms with Crippen molar-refractivity contribution < 1.29 is 19.8 Å². The van der Waals surface area contributed by atoms with Crippen molar-refractivity contribution in [1.29, 1.82) is 0 Å². The highest BCUT2D eigenvalue weighted by molar-refractivity contribution is 5.83. The molecule has 4 nitrogen and oxygen atoms in total. The Morgan fingerprint density at radius 1 is 0.667 bits per heavy atom. The molecule has 0 saturated heterocycles. The number of benzene rings is 2. The maximum Gasteiger partial charge on any atom is 0.303 e. The predicted octanol–water partition coefficient (Wildman–Crippen LogP) is 8.12. The maximum atomic E-state index is 11.0. The Balaban J connectivity index is 2.00. The number of aliphatic carboxylic acids is 2. The number of carbonyl (C=O) groups is 2. The molecule has 0 heterocycles. The molecule has 0 saturated carbocycles. The summed E-state index contributed by atoms with van der Waals surface area (Å²) in [7, 11) is 0. The average molecular weight is 455 g/mol. The topological polar surface area (TPSA) is 74.6 Å². The van der Waals surface area contributed by atoms with Crippen LogP contribution in [0.1, 0.15) is 109 Å². The van der Waals surface area contributed by atoms with Gasteiger partial charge in [0, 0.05) is 12.8 Å². The summed E-state index contributed by atoms with van der Waals surface area (Å²) < 4.78 is 0. The van der Waals surface area contributed by atoms with Crippen LogP contribution in [0.25, 0.3) is 10.8 Å². The van der Waals surface area contributed by atoms with E-state index in [4.69, 9.17) is 10.2 Å². The minimum atomic E-state index is -0.704. The van der Waals surface area contributed by atoms with Crippen molar-refractivity contribution in [2.45, 2.75) is 109 Å². The predicted molar refractivity (Wildman–Crippen MR) is 136 cm³/mol. The summed E-state index contributed by atoms with van der Waals surface area (Å²) in [6, 6.07) is 15.4. The third kappa shape index (κ3) is 9.57. The first kappa shape index (κ1) is 26.9. The third-order valence-corrected chi connectivity index (χ3v) is 6.93. The van der Waals surface area contributed by atoms with Crippen LogP contribution < -0.4 is 0 Å². The van der Waals surface area contributed by atoms with Gasteiger partial charge in [-0.1, -0.05) is 101 Å². The lowest BCUT2D eigenvalue weighted by atomic mass is 9.69. The van der Waals surface area contributed by atoms with E-state index in [-0.39, 0.29) is 18.3 Å². The van der Waals surface area contributed by atoms with Crippen LogP contribution in [0.2, 0.25) is 0 Å². The molecule has 2 aromatic rings. The largest absolute Gasteiger partial charge is 0.481 e. The fourth-order valence-electron chi connectivity index (χ4n) is 5.17. The van der Waals surface area contributed by atoms with Crippen molar-refractivity contribution in [3.8, 4) is 0 Å². The first-order chi connectivity index (χ1) is 16.0. The van der Waals surface area contributed by atoms with E-state index in [0.29, 0.717) is 0 Å². The van der Waals surface area contributed by atoms with Crippen molar-refractivity contribution in [3.63, 3.8) is 0 Å². The van der Waals surface area contributed by atoms with E-state index in [0.717, 1.165) is 57.8 Å². The van der Waals surface area contributed by atoms with Crippen LogP contribution in [0.4, 0.5) is 0 Å². The van der Waals surface area contributed by atoms with Gasteiger partial charge >= 0.3 is 11.9 Å². The van der Waals surface area contributed by atoms with E-state index in [1.807, 2.05) is 0 Å². The van der Waals surface area contributed by atoms with E-state index in [9.17, 15) is 9.59 Å². The summed E-state index contributed by atoms with van der Waals surface area (Å²) in [5.74, 6) is -1.40. The molecule has 0 aliphatic rings. The SMILES string of the molecule is CCCC(CCCCCCCCCC(=O)O)(CCCCC(=O)O)c1ccc2ccccc2c1. The molecular weight excluding hydrogens is 412 g/mol. The number of hydrogen-bond acceptors (Lipinski definition) is 2. The summed E-state index contributed by atoms with van der Waals surface area (Å²) in [4.78, 5) is 21.6. The lowest BCUT2D eigenvalue weighted by Gasteiger charge is -2.35. The lowest BCUT2D eigenvalue weighted by molar-refractivity contribution is -0.138. The Morgan fingerprint density at radius 3 is 1.79 bits per heavy atom. The monoisotopic (exact) mass is 454 g/mol. The molecule has 0 amide bonds. The van der Waals surface area contributed by atoms with Gasteiger partial charge in [0.15, 0.2) is 0 Å². The molecule has 2 rings (SSSR count). The zero-order valence-electron chi connectivity index (χ0n) is 20.4. The smallest absolute Gasteiger partial charge is 0.303 e. The van der Waals surface area contributed by atoms with Crippen molar-refractivity contribution >= 4 is 22.7 Å². The van der Waals surface area contributed by atoms with Crippen LogP contribution in [0, 0.1) is 0 Å². The quantitative estimate of drug-likeness (QED) is 0.223. The molecule has 2 N–H and O–H groups in total. The Kier molecular flexibility index (Phi) is 12.0. The number of carboxylic acids is 2. The summed E-state index contributed by atoms with van der Waals surface area (Å²) >= 11 is 0. The number of fused-ring (bicyclic) bond motifs is 1. The van der Waals surface area contributed by atoms with Gasteiger partial charge in [-0.2, -0.15) is 0 Å². The second-order valence-electron chi connectivity index (χ2n) is 9.56. The fraction of sp³-hybridized carbons (Fsp3) is 0.586. The molecule has 4 heteroatoms. The molecule has 0 radical (unpaired) electrons. The van der Waals surface area contributed by atoms with E-state index in [1.165, 1.54) is 42.0 Å². The number of carboxylic acid groups (broad SMARTS) is 2. The van der Waals surface area contributed by atoms with Crippen LogP contribution in [0.3, 0.4) is 0 Å². The molecule has 0 bridgehead atoms. The average Bonchev–Trinajstić information content (AvgIpc) is 2.80. The van der Waals surface area contributed by atoms with E-state index < -0.39 is 11.9 Å². The molecule has 0 aliphatic carbocycles. The minimum absolute atomic E-state index is 0.110. The first-order valence-electron chi connectivity index (χ1n) is 12.9. The molecular formula is C29H42O4. The van der Waals surface area contributed by atoms with Crippen LogP contribution in [0.15, 0.2) is 42.5 Å². The van der Waals surface area contributed by atoms with Crippen molar-refractivity contribution in [2.24, 2.45) is 0 Å². The second-order valence-corrected chi connectivity index (χ2v) is 9.56. The van der Waals surface area contributed by atoms with Crippen LogP contribution in [-0.2, 0) is 15.0 Å². The molecule has 0 aromatic heterocycles. The first-order valence-corrected chi connectivity index (χ1v) is 12.9. The van der Waals surface area contributed by atoms with Crippen molar-refractivity contribution in [1.82, 2.24) is 0 Å². The highest BCUT2D eigenvalue weighted by Crippen LogP contribution is 2.41. The Hall–Kier alpha value is -2.36. The Bertz CT molecular complexity index is 860. The molecule has 0 fully saturated rings. The van der Waals surface area contributed by atoms with Gasteiger partial charge in [-0.3, -0.25) is 9.59 Å². The molecule has 0 spiro atoms. The van der Waals surface area contributed by atoms with Crippen molar-refractivity contribution in [2.75, 3.05) is 0 Å². The summed E-state index contributed by atoms with van der Waals surface area (Å²) in [5.41, 5.74) is 1.52. The van der Waals surface area contributed by atoms with Gasteiger partial charge in [0.2, 0.25) is 0 Å². The van der Waals surface area contributed by atoms with E-state index in [2.05, 4.69) is 49.4 Å². The second kappa shape index (κ2) is 14.7. The van der Waals surface area contributed by atoms with Crippen LogP contribution >= 0.6 is 0 Å². The fourth-order valence-corrected chi connectivity index (χ4v) is 5.17. The highest BCUT2D eigenvalue weighted by Gasteiger charge is 2.30. The highest BCUT2D eigenvalue weighted by atomic mass is 16.4. The summed E-state index contributed by atoms with van der Waals surface area (Å²) in [5, 5.41) is 20.3. The third-order valence-electron chi connectivity index (χ3n) is 6.93.